The highest BCUT2D eigenvalue weighted by Crippen LogP contribution is 2.09. The van der Waals surface area contributed by atoms with Gasteiger partial charge >= 0.3 is 14.1 Å². The molecule has 0 unspecified atom stereocenters. The smallest absolute Gasteiger partial charge is 0.413 e. The Morgan fingerprint density at radius 1 is 0.571 bits per heavy atom. The van der Waals surface area contributed by atoms with Gasteiger partial charge in [0, 0.05) is 24.6 Å². The van der Waals surface area contributed by atoms with Gasteiger partial charge in [0.25, 0.3) is 0 Å². The third-order valence-electron chi connectivity index (χ3n) is 4.37. The molecular weight excluding hydrogens is 346 g/mol. The molecule has 0 saturated heterocycles. The van der Waals surface area contributed by atoms with Crippen LogP contribution in [0.25, 0.3) is 0 Å². The molecule has 2 N–H and O–H groups in total. The molecule has 0 bridgehead atoms. The molecule has 0 atom stereocenters. The first kappa shape index (κ1) is 20.1. The summed E-state index contributed by atoms with van der Waals surface area (Å²) < 4.78 is 12.1. The summed E-state index contributed by atoms with van der Waals surface area (Å²) in [6.07, 6.45) is 0. The molecule has 142 valence electrons. The summed E-state index contributed by atoms with van der Waals surface area (Å²) in [5.74, 6) is 0. The van der Waals surface area contributed by atoms with Gasteiger partial charge in [-0.1, -0.05) is 60.7 Å². The average molecular weight is 372 g/mol. The topological polar surface area (TPSA) is 42.5 Å². The van der Waals surface area contributed by atoms with Crippen molar-refractivity contribution in [1.29, 1.82) is 0 Å². The van der Waals surface area contributed by atoms with Gasteiger partial charge in [-0.15, -0.1) is 0 Å². The van der Waals surface area contributed by atoms with Crippen LogP contribution in [0.2, 0.25) is 0 Å². The van der Waals surface area contributed by atoms with E-state index in [9.17, 15) is 0 Å². The van der Waals surface area contributed by atoms with Crippen molar-refractivity contribution < 1.29 is 9.31 Å². The van der Waals surface area contributed by atoms with E-state index in [0.29, 0.717) is 13.2 Å². The minimum atomic E-state index is -0.274. The van der Waals surface area contributed by atoms with E-state index in [0.717, 1.165) is 22.3 Å². The third kappa shape index (κ3) is 5.41. The molecule has 3 aromatic carbocycles. The molecule has 3 aromatic rings. The number of hydrogen-bond donors (Lipinski definition) is 2. The van der Waals surface area contributed by atoms with Crippen molar-refractivity contribution in [3.05, 3.63) is 84.9 Å². The first-order chi connectivity index (χ1) is 13.8. The van der Waals surface area contributed by atoms with Gasteiger partial charge in [0.2, 0.25) is 0 Å². The molecule has 0 saturated carbocycles. The van der Waals surface area contributed by atoms with Crippen LogP contribution in [0, 0.1) is 0 Å². The van der Waals surface area contributed by atoms with Crippen molar-refractivity contribution in [1.82, 2.24) is 0 Å². The van der Waals surface area contributed by atoms with Gasteiger partial charge < -0.3 is 19.8 Å². The number of para-hydroxylation sites is 2. The Hall–Kier alpha value is -2.69. The normalized spacial score (nSPS) is 10.4. The van der Waals surface area contributed by atoms with Crippen LogP contribution in [-0.4, -0.2) is 27.3 Å². The zero-order valence-electron chi connectivity index (χ0n) is 16.5. The van der Waals surface area contributed by atoms with E-state index in [4.69, 9.17) is 9.31 Å². The summed E-state index contributed by atoms with van der Waals surface area (Å²) in [5.41, 5.74) is 4.13. The van der Waals surface area contributed by atoms with Crippen molar-refractivity contribution in [2.75, 3.05) is 23.7 Å². The fourth-order valence-electron chi connectivity index (χ4n) is 3.11. The summed E-state index contributed by atoms with van der Waals surface area (Å²) in [6, 6.07) is 28.4. The van der Waals surface area contributed by atoms with Crippen LogP contribution in [0.1, 0.15) is 13.8 Å². The zero-order valence-corrected chi connectivity index (χ0v) is 16.5. The maximum absolute atomic E-state index is 6.06. The quantitative estimate of drug-likeness (QED) is 0.536. The van der Waals surface area contributed by atoms with Crippen LogP contribution < -0.4 is 21.4 Å². The number of rotatable bonds is 10. The Bertz CT molecular complexity index is 764. The van der Waals surface area contributed by atoms with E-state index >= 15 is 0 Å². The number of anilines is 2. The fourth-order valence-corrected chi connectivity index (χ4v) is 3.11. The molecule has 0 aliphatic heterocycles. The molecule has 0 amide bonds. The van der Waals surface area contributed by atoms with Crippen molar-refractivity contribution in [2.24, 2.45) is 0 Å². The van der Waals surface area contributed by atoms with Crippen molar-refractivity contribution >= 4 is 36.4 Å². The zero-order chi connectivity index (χ0) is 19.6. The maximum atomic E-state index is 6.06. The highest BCUT2D eigenvalue weighted by molar-refractivity contribution is 6.81. The minimum Gasteiger partial charge on any atom is -0.413 e. The number of benzene rings is 3. The molecule has 0 fully saturated rings. The van der Waals surface area contributed by atoms with E-state index in [1.165, 1.54) is 0 Å². The van der Waals surface area contributed by atoms with E-state index in [-0.39, 0.29) is 14.1 Å². The molecule has 0 aliphatic rings. The Labute approximate surface area is 168 Å². The molecule has 0 radical (unpaired) electrons. The predicted molar refractivity (Wildman–Crippen MR) is 121 cm³/mol. The SMILES string of the molecule is CCOB(Nc1ccccc1)c1ccccc1B(Nc1ccccc1)OCC. The standard InChI is InChI=1S/C22H26B2N2O2/c1-3-27-23(25-19-13-7-5-8-14-19)21-17-11-12-18-22(21)24(28-4-2)26-20-15-9-6-10-16-20/h5-18,25-26H,3-4H2,1-2H3. The van der Waals surface area contributed by atoms with Crippen LogP contribution in [0.15, 0.2) is 84.9 Å². The number of hydrogen-bond acceptors (Lipinski definition) is 4. The van der Waals surface area contributed by atoms with Gasteiger partial charge in [0.05, 0.1) is 0 Å². The number of nitrogens with one attached hydrogen (secondary N) is 2. The third-order valence-corrected chi connectivity index (χ3v) is 4.37. The molecular formula is C22H26B2N2O2. The first-order valence-corrected chi connectivity index (χ1v) is 9.77. The van der Waals surface area contributed by atoms with Crippen molar-refractivity contribution in [3.63, 3.8) is 0 Å². The molecule has 4 nitrogen and oxygen atoms in total. The molecule has 0 aliphatic carbocycles. The van der Waals surface area contributed by atoms with Crippen LogP contribution in [0.3, 0.4) is 0 Å². The lowest BCUT2D eigenvalue weighted by Crippen LogP contribution is -2.57. The first-order valence-electron chi connectivity index (χ1n) is 9.77. The summed E-state index contributed by atoms with van der Waals surface area (Å²) in [7, 11) is -0.548. The van der Waals surface area contributed by atoms with E-state index in [1.807, 2.05) is 86.6 Å². The lowest BCUT2D eigenvalue weighted by molar-refractivity contribution is 0.351. The summed E-state index contributed by atoms with van der Waals surface area (Å²) in [4.78, 5) is 0. The fraction of sp³-hybridized carbons (Fsp3) is 0.182. The molecule has 0 aromatic heterocycles. The van der Waals surface area contributed by atoms with Gasteiger partial charge in [-0.3, -0.25) is 0 Å². The molecule has 0 heterocycles. The van der Waals surface area contributed by atoms with Crippen molar-refractivity contribution in [3.8, 4) is 0 Å². The largest absolute Gasteiger partial charge is 0.448 e. The Balaban J connectivity index is 1.91. The van der Waals surface area contributed by atoms with Crippen LogP contribution >= 0.6 is 0 Å². The molecule has 6 heteroatoms. The van der Waals surface area contributed by atoms with Gasteiger partial charge in [-0.05, 0) is 49.0 Å². The Morgan fingerprint density at radius 3 is 1.29 bits per heavy atom. The second-order valence-corrected chi connectivity index (χ2v) is 6.32. The monoisotopic (exact) mass is 372 g/mol. The van der Waals surface area contributed by atoms with Gasteiger partial charge in [-0.2, -0.15) is 0 Å². The molecule has 28 heavy (non-hydrogen) atoms. The predicted octanol–water partition coefficient (Wildman–Crippen LogP) is 3.37. The average Bonchev–Trinajstić information content (AvgIpc) is 2.75. The van der Waals surface area contributed by atoms with E-state index < -0.39 is 0 Å². The summed E-state index contributed by atoms with van der Waals surface area (Å²) in [6.45, 7) is 5.21. The highest BCUT2D eigenvalue weighted by Gasteiger charge is 2.29. The van der Waals surface area contributed by atoms with Crippen LogP contribution in [-0.2, 0) is 9.31 Å². The van der Waals surface area contributed by atoms with E-state index in [1.54, 1.807) is 0 Å². The van der Waals surface area contributed by atoms with Gasteiger partial charge in [0.15, 0.2) is 0 Å². The maximum Gasteiger partial charge on any atom is 0.448 e. The summed E-state index contributed by atoms with van der Waals surface area (Å²) >= 11 is 0. The van der Waals surface area contributed by atoms with Gasteiger partial charge in [-0.25, -0.2) is 0 Å². The van der Waals surface area contributed by atoms with Crippen LogP contribution in [0.4, 0.5) is 11.4 Å². The Morgan fingerprint density at radius 2 is 0.929 bits per heavy atom. The Kier molecular flexibility index (Phi) is 7.59. The van der Waals surface area contributed by atoms with E-state index in [2.05, 4.69) is 22.6 Å². The van der Waals surface area contributed by atoms with Gasteiger partial charge in [0.1, 0.15) is 0 Å². The minimum absolute atomic E-state index is 0.274. The lowest BCUT2D eigenvalue weighted by Gasteiger charge is -2.23. The second-order valence-electron chi connectivity index (χ2n) is 6.32. The molecule has 0 spiro atoms. The highest BCUT2D eigenvalue weighted by atomic mass is 16.4. The summed E-state index contributed by atoms with van der Waals surface area (Å²) in [5, 5.41) is 6.98. The van der Waals surface area contributed by atoms with Crippen LogP contribution in [0.5, 0.6) is 0 Å². The van der Waals surface area contributed by atoms with Crippen molar-refractivity contribution in [2.45, 2.75) is 13.8 Å². The lowest BCUT2D eigenvalue weighted by atomic mass is 9.59. The second kappa shape index (κ2) is 10.6. The molecule has 3 rings (SSSR count).